The van der Waals surface area contributed by atoms with Crippen LogP contribution in [0.1, 0.15) is 38.2 Å². The van der Waals surface area contributed by atoms with E-state index in [1.54, 1.807) is 26.3 Å². The van der Waals surface area contributed by atoms with Gasteiger partial charge in [0.05, 0.1) is 18.9 Å². The summed E-state index contributed by atoms with van der Waals surface area (Å²) in [5.41, 5.74) is 0.854. The van der Waals surface area contributed by atoms with Gasteiger partial charge in [-0.1, -0.05) is 31.2 Å². The summed E-state index contributed by atoms with van der Waals surface area (Å²) >= 11 is 0. The molecule has 0 radical (unpaired) electrons. The van der Waals surface area contributed by atoms with Gasteiger partial charge in [-0.2, -0.15) is 0 Å². The molecule has 1 aliphatic heterocycles. The molecule has 3 atom stereocenters. The molecular weight excluding hydrogens is 410 g/mol. The standard InChI is InChI=1S/C24H31N3O5/c1-4-20(22(29)25-2)27(15-16-9-11-17(32-3)12-10-16)21(28)13-14-26-23(30)18-7-5-6-8-19(18)24(26)31/h5-6,9-12,18-20H,4,7-8,13-15H2,1-3H3,(H,25,29)/t18-,19+,20-/m0/s1. The van der Waals surface area contributed by atoms with Gasteiger partial charge in [-0.05, 0) is 37.0 Å². The SMILES string of the molecule is CC[C@@H](C(=O)NC)N(Cc1ccc(OC)cc1)C(=O)CCN1C(=O)[C@H]2CC=CC[C@H]2C1=O. The molecule has 1 aliphatic carbocycles. The number of nitrogens with zero attached hydrogens (tertiary/aromatic N) is 2. The van der Waals surface area contributed by atoms with E-state index in [1.165, 1.54) is 9.80 Å². The highest BCUT2D eigenvalue weighted by Gasteiger charge is 2.47. The molecule has 3 rings (SSSR count). The summed E-state index contributed by atoms with van der Waals surface area (Å²) in [6, 6.07) is 6.65. The fraction of sp³-hybridized carbons (Fsp3) is 0.500. The van der Waals surface area contributed by atoms with E-state index in [0.717, 1.165) is 5.56 Å². The number of carbonyl (C=O) groups is 4. The minimum atomic E-state index is -0.647. The number of carbonyl (C=O) groups excluding carboxylic acids is 4. The molecule has 1 N–H and O–H groups in total. The number of hydrogen-bond donors (Lipinski definition) is 1. The normalized spacial score (nSPS) is 20.7. The Bertz CT molecular complexity index is 869. The summed E-state index contributed by atoms with van der Waals surface area (Å²) in [4.78, 5) is 53.9. The van der Waals surface area contributed by atoms with Crippen LogP contribution in [0, 0.1) is 11.8 Å². The number of benzene rings is 1. The second kappa shape index (κ2) is 10.4. The number of amides is 4. The van der Waals surface area contributed by atoms with E-state index in [1.807, 2.05) is 31.2 Å². The first-order valence-electron chi connectivity index (χ1n) is 11.0. The molecule has 1 fully saturated rings. The van der Waals surface area contributed by atoms with Crippen molar-refractivity contribution in [2.45, 2.75) is 45.2 Å². The zero-order valence-corrected chi connectivity index (χ0v) is 18.9. The average Bonchev–Trinajstić information content (AvgIpc) is 3.07. The van der Waals surface area contributed by atoms with E-state index in [0.29, 0.717) is 25.0 Å². The molecule has 1 aromatic rings. The molecule has 8 nitrogen and oxygen atoms in total. The highest BCUT2D eigenvalue weighted by molar-refractivity contribution is 6.05. The van der Waals surface area contributed by atoms with Crippen molar-refractivity contribution in [3.63, 3.8) is 0 Å². The Balaban J connectivity index is 1.73. The maximum Gasteiger partial charge on any atom is 0.242 e. The topological polar surface area (TPSA) is 96.0 Å². The Labute approximate surface area is 188 Å². The smallest absolute Gasteiger partial charge is 0.242 e. The molecule has 172 valence electrons. The molecular formula is C24H31N3O5. The van der Waals surface area contributed by atoms with Crippen LogP contribution in [0.2, 0.25) is 0 Å². The van der Waals surface area contributed by atoms with Gasteiger partial charge >= 0.3 is 0 Å². The van der Waals surface area contributed by atoms with Gasteiger partial charge in [-0.3, -0.25) is 24.1 Å². The highest BCUT2D eigenvalue weighted by atomic mass is 16.5. The van der Waals surface area contributed by atoms with Crippen molar-refractivity contribution >= 4 is 23.6 Å². The van der Waals surface area contributed by atoms with E-state index >= 15 is 0 Å². The van der Waals surface area contributed by atoms with E-state index in [2.05, 4.69) is 5.32 Å². The average molecular weight is 442 g/mol. The van der Waals surface area contributed by atoms with Gasteiger partial charge in [0, 0.05) is 26.6 Å². The summed E-state index contributed by atoms with van der Waals surface area (Å²) in [6.07, 6.45) is 5.43. The van der Waals surface area contributed by atoms with Crippen molar-refractivity contribution < 1.29 is 23.9 Å². The summed E-state index contributed by atoms with van der Waals surface area (Å²) in [5, 5.41) is 2.62. The summed E-state index contributed by atoms with van der Waals surface area (Å²) < 4.78 is 5.18. The van der Waals surface area contributed by atoms with Gasteiger partial charge in [0.15, 0.2) is 0 Å². The van der Waals surface area contributed by atoms with Crippen LogP contribution in [-0.2, 0) is 25.7 Å². The van der Waals surface area contributed by atoms with Gasteiger partial charge < -0.3 is 15.0 Å². The summed E-state index contributed by atoms with van der Waals surface area (Å²) in [5.74, 6) is -0.842. The molecule has 0 saturated carbocycles. The first kappa shape index (κ1) is 23.5. The third-order valence-corrected chi connectivity index (χ3v) is 6.29. The lowest BCUT2D eigenvalue weighted by Crippen LogP contribution is -2.49. The number of hydrogen-bond acceptors (Lipinski definition) is 5. The van der Waals surface area contributed by atoms with Crippen molar-refractivity contribution in [3.8, 4) is 5.75 Å². The van der Waals surface area contributed by atoms with Crippen LogP contribution in [0.4, 0.5) is 0 Å². The number of likely N-dealkylation sites (N-methyl/N-ethyl adjacent to an activating group) is 1. The lowest BCUT2D eigenvalue weighted by molar-refractivity contribution is -0.144. The fourth-order valence-electron chi connectivity index (χ4n) is 4.45. The van der Waals surface area contributed by atoms with Gasteiger partial charge in [0.1, 0.15) is 11.8 Å². The van der Waals surface area contributed by atoms with Crippen LogP contribution in [0.5, 0.6) is 5.75 Å². The van der Waals surface area contributed by atoms with E-state index in [-0.39, 0.29) is 55.0 Å². The minimum absolute atomic E-state index is 0.0198. The van der Waals surface area contributed by atoms with Gasteiger partial charge in [0.25, 0.3) is 0 Å². The first-order valence-corrected chi connectivity index (χ1v) is 11.0. The second-order valence-electron chi connectivity index (χ2n) is 8.14. The van der Waals surface area contributed by atoms with E-state index < -0.39 is 6.04 Å². The van der Waals surface area contributed by atoms with Crippen LogP contribution in [0.15, 0.2) is 36.4 Å². The van der Waals surface area contributed by atoms with Crippen molar-refractivity contribution in [1.29, 1.82) is 0 Å². The number of methoxy groups -OCH3 is 1. The fourth-order valence-corrected chi connectivity index (χ4v) is 4.45. The zero-order valence-electron chi connectivity index (χ0n) is 18.9. The predicted molar refractivity (Wildman–Crippen MR) is 118 cm³/mol. The summed E-state index contributed by atoms with van der Waals surface area (Å²) in [6.45, 7) is 2.12. The molecule has 1 heterocycles. The number of ether oxygens (including phenoxy) is 1. The highest BCUT2D eigenvalue weighted by Crippen LogP contribution is 2.35. The molecule has 0 spiro atoms. The molecule has 1 saturated heterocycles. The van der Waals surface area contributed by atoms with Crippen LogP contribution >= 0.6 is 0 Å². The molecule has 4 amide bonds. The number of allylic oxidation sites excluding steroid dienone is 2. The molecule has 32 heavy (non-hydrogen) atoms. The third-order valence-electron chi connectivity index (χ3n) is 6.29. The Kier molecular flexibility index (Phi) is 7.66. The Morgan fingerprint density at radius 3 is 2.22 bits per heavy atom. The number of likely N-dealkylation sites (tertiary alicyclic amines) is 1. The predicted octanol–water partition coefficient (Wildman–Crippen LogP) is 1.89. The first-order chi connectivity index (χ1) is 15.4. The maximum absolute atomic E-state index is 13.2. The molecule has 8 heteroatoms. The quantitative estimate of drug-likeness (QED) is 0.466. The zero-order chi connectivity index (χ0) is 23.3. The van der Waals surface area contributed by atoms with Crippen molar-refractivity contribution in [1.82, 2.24) is 15.1 Å². The van der Waals surface area contributed by atoms with Gasteiger partial charge in [-0.15, -0.1) is 0 Å². The molecule has 2 aliphatic rings. The van der Waals surface area contributed by atoms with Gasteiger partial charge in [-0.25, -0.2) is 0 Å². The molecule has 0 unspecified atom stereocenters. The second-order valence-corrected chi connectivity index (χ2v) is 8.14. The lowest BCUT2D eigenvalue weighted by Gasteiger charge is -2.31. The minimum Gasteiger partial charge on any atom is -0.497 e. The molecule has 0 bridgehead atoms. The molecule has 0 aromatic heterocycles. The van der Waals surface area contributed by atoms with E-state index in [4.69, 9.17) is 4.74 Å². The van der Waals surface area contributed by atoms with E-state index in [9.17, 15) is 19.2 Å². The third kappa shape index (κ3) is 4.84. The molecule has 1 aromatic carbocycles. The van der Waals surface area contributed by atoms with Crippen LogP contribution in [0.25, 0.3) is 0 Å². The largest absolute Gasteiger partial charge is 0.497 e. The lowest BCUT2D eigenvalue weighted by atomic mass is 9.85. The van der Waals surface area contributed by atoms with Crippen molar-refractivity contribution in [2.75, 3.05) is 20.7 Å². The Morgan fingerprint density at radius 2 is 1.72 bits per heavy atom. The summed E-state index contributed by atoms with van der Waals surface area (Å²) in [7, 11) is 3.12. The van der Waals surface area contributed by atoms with Crippen molar-refractivity contribution in [2.24, 2.45) is 11.8 Å². The Morgan fingerprint density at radius 1 is 1.12 bits per heavy atom. The number of rotatable bonds is 9. The monoisotopic (exact) mass is 441 g/mol. The van der Waals surface area contributed by atoms with Crippen LogP contribution < -0.4 is 10.1 Å². The number of nitrogens with one attached hydrogen (secondary N) is 1. The number of imide groups is 1. The van der Waals surface area contributed by atoms with Crippen LogP contribution in [-0.4, -0.2) is 60.2 Å². The number of fused-ring (bicyclic) bond motifs is 1. The maximum atomic E-state index is 13.2. The van der Waals surface area contributed by atoms with Crippen molar-refractivity contribution in [3.05, 3.63) is 42.0 Å². The van der Waals surface area contributed by atoms with Gasteiger partial charge in [0.2, 0.25) is 23.6 Å². The Hall–Kier alpha value is -3.16. The van der Waals surface area contributed by atoms with Crippen LogP contribution in [0.3, 0.4) is 0 Å².